The van der Waals surface area contributed by atoms with Gasteiger partial charge in [0.05, 0.1) is 19.2 Å². The van der Waals surface area contributed by atoms with Crippen LogP contribution in [0.3, 0.4) is 0 Å². The largest absolute Gasteiger partial charge is 0.502 e. The Kier molecular flexibility index (Phi) is 5.19. The molecule has 0 atom stereocenters. The van der Waals surface area contributed by atoms with Gasteiger partial charge in [0, 0.05) is 24.6 Å². The average Bonchev–Trinajstić information content (AvgIpc) is 2.97. The van der Waals surface area contributed by atoms with Gasteiger partial charge in [0.25, 0.3) is 0 Å². The van der Waals surface area contributed by atoms with Crippen LogP contribution in [0.5, 0.6) is 0 Å². The number of rotatable bonds is 8. The molecule has 4 heteroatoms. The van der Waals surface area contributed by atoms with E-state index in [4.69, 9.17) is 4.74 Å². The van der Waals surface area contributed by atoms with Gasteiger partial charge in [-0.1, -0.05) is 18.7 Å². The normalized spacial score (nSPS) is 10.3. The molecule has 0 aliphatic carbocycles. The Morgan fingerprint density at radius 2 is 2.16 bits per heavy atom. The van der Waals surface area contributed by atoms with Gasteiger partial charge in [0.15, 0.2) is 0 Å². The molecule has 1 aromatic heterocycles. The highest BCUT2D eigenvalue weighted by Crippen LogP contribution is 2.08. The second-order valence-electron chi connectivity index (χ2n) is 4.20. The number of nitrogens with one attached hydrogen (secondary N) is 1. The van der Waals surface area contributed by atoms with Crippen molar-refractivity contribution in [2.75, 3.05) is 13.2 Å². The Balaban J connectivity index is 1.75. The van der Waals surface area contributed by atoms with Gasteiger partial charge in [-0.15, -0.1) is 0 Å². The molecule has 100 valence electrons. The first kappa shape index (κ1) is 13.4. The summed E-state index contributed by atoms with van der Waals surface area (Å²) in [5, 5.41) is 3.38. The van der Waals surface area contributed by atoms with Gasteiger partial charge in [-0.3, -0.25) is 0 Å². The van der Waals surface area contributed by atoms with Crippen molar-refractivity contribution in [3.8, 4) is 5.69 Å². The van der Waals surface area contributed by atoms with Crippen molar-refractivity contribution in [3.05, 3.63) is 61.4 Å². The van der Waals surface area contributed by atoms with Gasteiger partial charge in [-0.25, -0.2) is 4.98 Å². The molecule has 0 spiro atoms. The van der Waals surface area contributed by atoms with E-state index in [1.54, 1.807) is 12.5 Å². The first-order valence-corrected chi connectivity index (χ1v) is 6.40. The number of imidazole rings is 1. The van der Waals surface area contributed by atoms with E-state index in [1.165, 1.54) is 11.8 Å². The SMILES string of the molecule is C=COCCCNCc1ccc(-n2ccnc2)cc1. The highest BCUT2D eigenvalue weighted by molar-refractivity contribution is 5.34. The Morgan fingerprint density at radius 3 is 2.84 bits per heavy atom. The van der Waals surface area contributed by atoms with E-state index >= 15 is 0 Å². The lowest BCUT2D eigenvalue weighted by atomic mass is 10.2. The molecule has 1 aromatic carbocycles. The van der Waals surface area contributed by atoms with Crippen molar-refractivity contribution in [1.29, 1.82) is 0 Å². The number of benzene rings is 1. The van der Waals surface area contributed by atoms with Crippen LogP contribution in [-0.2, 0) is 11.3 Å². The summed E-state index contributed by atoms with van der Waals surface area (Å²) < 4.78 is 7.05. The van der Waals surface area contributed by atoms with Crippen LogP contribution in [0.2, 0.25) is 0 Å². The molecule has 1 N–H and O–H groups in total. The fourth-order valence-corrected chi connectivity index (χ4v) is 1.79. The third kappa shape index (κ3) is 4.26. The van der Waals surface area contributed by atoms with Crippen LogP contribution in [0.4, 0.5) is 0 Å². The molecule has 0 saturated carbocycles. The van der Waals surface area contributed by atoms with Crippen LogP contribution in [0.25, 0.3) is 5.69 Å². The number of hydrogen-bond acceptors (Lipinski definition) is 3. The van der Waals surface area contributed by atoms with Crippen LogP contribution in [0.15, 0.2) is 55.8 Å². The maximum atomic E-state index is 5.06. The van der Waals surface area contributed by atoms with Gasteiger partial charge in [0.2, 0.25) is 0 Å². The Morgan fingerprint density at radius 1 is 1.32 bits per heavy atom. The summed E-state index contributed by atoms with van der Waals surface area (Å²) in [5.74, 6) is 0. The van der Waals surface area contributed by atoms with E-state index in [1.807, 2.05) is 10.8 Å². The quantitative estimate of drug-likeness (QED) is 0.583. The van der Waals surface area contributed by atoms with E-state index in [0.29, 0.717) is 0 Å². The zero-order valence-corrected chi connectivity index (χ0v) is 11.0. The highest BCUT2D eigenvalue weighted by atomic mass is 16.5. The van der Waals surface area contributed by atoms with Crippen molar-refractivity contribution in [2.24, 2.45) is 0 Å². The van der Waals surface area contributed by atoms with E-state index in [2.05, 4.69) is 41.1 Å². The maximum absolute atomic E-state index is 5.06. The van der Waals surface area contributed by atoms with Gasteiger partial charge >= 0.3 is 0 Å². The van der Waals surface area contributed by atoms with Crippen molar-refractivity contribution in [2.45, 2.75) is 13.0 Å². The molecular formula is C15H19N3O. The predicted molar refractivity (Wildman–Crippen MR) is 76.0 cm³/mol. The Bertz CT molecular complexity index is 477. The molecular weight excluding hydrogens is 238 g/mol. The third-order valence-electron chi connectivity index (χ3n) is 2.80. The van der Waals surface area contributed by atoms with Crippen LogP contribution >= 0.6 is 0 Å². The van der Waals surface area contributed by atoms with Crippen molar-refractivity contribution in [3.63, 3.8) is 0 Å². The van der Waals surface area contributed by atoms with Crippen molar-refractivity contribution in [1.82, 2.24) is 14.9 Å². The van der Waals surface area contributed by atoms with Gasteiger partial charge in [-0.2, -0.15) is 0 Å². The summed E-state index contributed by atoms with van der Waals surface area (Å²) in [4.78, 5) is 4.04. The summed E-state index contributed by atoms with van der Waals surface area (Å²) in [5.41, 5.74) is 2.40. The molecule has 0 amide bonds. The maximum Gasteiger partial charge on any atom is 0.0991 e. The minimum Gasteiger partial charge on any atom is -0.502 e. The molecule has 19 heavy (non-hydrogen) atoms. The van der Waals surface area contributed by atoms with E-state index in [9.17, 15) is 0 Å². The summed E-state index contributed by atoms with van der Waals surface area (Å²) >= 11 is 0. The fourth-order valence-electron chi connectivity index (χ4n) is 1.79. The summed E-state index contributed by atoms with van der Waals surface area (Å²) in [6.45, 7) is 6.04. The lowest BCUT2D eigenvalue weighted by Gasteiger charge is -2.06. The summed E-state index contributed by atoms with van der Waals surface area (Å²) in [6, 6.07) is 8.45. The molecule has 1 heterocycles. The minimum atomic E-state index is 0.718. The predicted octanol–water partition coefficient (Wildman–Crippen LogP) is 2.51. The topological polar surface area (TPSA) is 39.1 Å². The first-order chi connectivity index (χ1) is 9.40. The second kappa shape index (κ2) is 7.38. The number of ether oxygens (including phenoxy) is 1. The lowest BCUT2D eigenvalue weighted by molar-refractivity contribution is 0.244. The molecule has 0 fully saturated rings. The fraction of sp³-hybridized carbons (Fsp3) is 0.267. The van der Waals surface area contributed by atoms with Crippen LogP contribution in [-0.4, -0.2) is 22.7 Å². The molecule has 2 aromatic rings. The zero-order chi connectivity index (χ0) is 13.3. The standard InChI is InChI=1S/C15H19N3O/c1-2-19-11-3-8-16-12-14-4-6-15(7-5-14)18-10-9-17-13-18/h2,4-7,9-10,13,16H,1,3,8,11-12H2. The molecule has 0 aliphatic heterocycles. The molecule has 0 aliphatic rings. The van der Waals surface area contributed by atoms with E-state index < -0.39 is 0 Å². The minimum absolute atomic E-state index is 0.718. The average molecular weight is 257 g/mol. The van der Waals surface area contributed by atoms with E-state index in [-0.39, 0.29) is 0 Å². The zero-order valence-electron chi connectivity index (χ0n) is 11.0. The van der Waals surface area contributed by atoms with Crippen LogP contribution in [0, 0.1) is 0 Å². The summed E-state index contributed by atoms with van der Waals surface area (Å²) in [7, 11) is 0. The Hall–Kier alpha value is -2.07. The van der Waals surface area contributed by atoms with Crippen molar-refractivity contribution >= 4 is 0 Å². The van der Waals surface area contributed by atoms with Gasteiger partial charge in [-0.05, 0) is 30.7 Å². The first-order valence-electron chi connectivity index (χ1n) is 6.40. The van der Waals surface area contributed by atoms with Gasteiger partial charge in [0.1, 0.15) is 0 Å². The van der Waals surface area contributed by atoms with Crippen molar-refractivity contribution < 1.29 is 4.74 Å². The molecule has 0 bridgehead atoms. The van der Waals surface area contributed by atoms with E-state index in [0.717, 1.165) is 31.8 Å². The second-order valence-corrected chi connectivity index (χ2v) is 4.20. The highest BCUT2D eigenvalue weighted by Gasteiger charge is 1.96. The number of aromatic nitrogens is 2. The number of nitrogens with zero attached hydrogens (tertiary/aromatic N) is 2. The monoisotopic (exact) mass is 257 g/mol. The smallest absolute Gasteiger partial charge is 0.0991 e. The third-order valence-corrected chi connectivity index (χ3v) is 2.80. The molecule has 2 rings (SSSR count). The van der Waals surface area contributed by atoms with Crippen LogP contribution in [0.1, 0.15) is 12.0 Å². The molecule has 0 radical (unpaired) electrons. The number of hydrogen-bond donors (Lipinski definition) is 1. The Labute approximate surface area is 113 Å². The molecule has 0 saturated heterocycles. The molecule has 0 unspecified atom stereocenters. The molecule has 4 nitrogen and oxygen atoms in total. The summed E-state index contributed by atoms with van der Waals surface area (Å²) in [6.07, 6.45) is 7.98. The van der Waals surface area contributed by atoms with Crippen LogP contribution < -0.4 is 5.32 Å². The lowest BCUT2D eigenvalue weighted by Crippen LogP contribution is -2.15. The van der Waals surface area contributed by atoms with Gasteiger partial charge < -0.3 is 14.6 Å².